The van der Waals surface area contributed by atoms with Gasteiger partial charge in [0.1, 0.15) is 6.04 Å². The van der Waals surface area contributed by atoms with E-state index in [2.05, 4.69) is 22.6 Å². The van der Waals surface area contributed by atoms with Crippen LogP contribution in [-0.2, 0) is 22.4 Å². The van der Waals surface area contributed by atoms with Crippen LogP contribution >= 0.6 is 11.6 Å². The molecule has 2 amide bonds. The SMILES string of the molecule is CN1[C@@H]2CC[C@H]1CC(NC(=O)[C@@H](Cc1ccc(Cl)cc1)NC(=O)Cc1ccccc1)C2. The third-order valence-corrected chi connectivity index (χ3v) is 6.91. The summed E-state index contributed by atoms with van der Waals surface area (Å²) in [7, 11) is 2.19. The van der Waals surface area contributed by atoms with Crippen molar-refractivity contribution in [2.24, 2.45) is 0 Å². The van der Waals surface area contributed by atoms with Crippen LogP contribution in [0.5, 0.6) is 0 Å². The highest BCUT2D eigenvalue weighted by atomic mass is 35.5. The van der Waals surface area contributed by atoms with Crippen molar-refractivity contribution in [1.29, 1.82) is 0 Å². The topological polar surface area (TPSA) is 61.4 Å². The first-order valence-corrected chi connectivity index (χ1v) is 11.5. The molecule has 2 aromatic rings. The first-order valence-electron chi connectivity index (χ1n) is 11.1. The number of benzene rings is 2. The van der Waals surface area contributed by atoms with E-state index in [1.807, 2.05) is 54.6 Å². The summed E-state index contributed by atoms with van der Waals surface area (Å²) >= 11 is 6.01. The standard InChI is InChI=1S/C25H30ClN3O2/c1-29-21-11-12-22(29)16-20(15-21)27-25(31)23(13-18-7-9-19(26)10-8-18)28-24(30)14-17-5-3-2-4-6-17/h2-10,20-23H,11-16H2,1H3,(H,27,31)(H,28,30)/t20?,21-,22+,23-/m1/s1. The van der Waals surface area contributed by atoms with Crippen molar-refractivity contribution in [2.75, 3.05) is 7.05 Å². The summed E-state index contributed by atoms with van der Waals surface area (Å²) in [6.45, 7) is 0. The monoisotopic (exact) mass is 439 g/mol. The minimum atomic E-state index is -0.616. The number of halogens is 1. The van der Waals surface area contributed by atoms with Crippen LogP contribution in [0.15, 0.2) is 54.6 Å². The molecule has 2 aliphatic heterocycles. The lowest BCUT2D eigenvalue weighted by molar-refractivity contribution is -0.129. The predicted octanol–water partition coefficient (Wildman–Crippen LogP) is 3.35. The molecule has 2 aromatic carbocycles. The van der Waals surface area contributed by atoms with Gasteiger partial charge in [0.15, 0.2) is 0 Å². The first kappa shape index (κ1) is 21.8. The van der Waals surface area contributed by atoms with Gasteiger partial charge in [-0.05, 0) is 56.0 Å². The Morgan fingerprint density at radius 2 is 1.65 bits per heavy atom. The van der Waals surface area contributed by atoms with Crippen LogP contribution in [0.4, 0.5) is 0 Å². The number of piperidine rings is 1. The van der Waals surface area contributed by atoms with Crippen molar-refractivity contribution in [2.45, 2.75) is 62.7 Å². The quantitative estimate of drug-likeness (QED) is 0.695. The lowest BCUT2D eigenvalue weighted by Crippen LogP contribution is -2.54. The molecule has 0 radical (unpaired) electrons. The summed E-state index contributed by atoms with van der Waals surface area (Å²) in [6, 6.07) is 17.7. The Kier molecular flexibility index (Phi) is 6.93. The Morgan fingerprint density at radius 1 is 1.00 bits per heavy atom. The van der Waals surface area contributed by atoms with E-state index in [9.17, 15) is 9.59 Å². The predicted molar refractivity (Wildman–Crippen MR) is 123 cm³/mol. The van der Waals surface area contributed by atoms with Crippen LogP contribution in [0.3, 0.4) is 0 Å². The average molecular weight is 440 g/mol. The third-order valence-electron chi connectivity index (χ3n) is 6.66. The van der Waals surface area contributed by atoms with Gasteiger partial charge in [-0.25, -0.2) is 0 Å². The summed E-state index contributed by atoms with van der Waals surface area (Å²) in [5, 5.41) is 6.86. The van der Waals surface area contributed by atoms with Gasteiger partial charge < -0.3 is 15.5 Å². The molecule has 6 heteroatoms. The van der Waals surface area contributed by atoms with E-state index < -0.39 is 6.04 Å². The van der Waals surface area contributed by atoms with Gasteiger partial charge in [-0.1, -0.05) is 54.1 Å². The summed E-state index contributed by atoms with van der Waals surface area (Å²) in [5.74, 6) is -0.255. The maximum Gasteiger partial charge on any atom is 0.243 e. The first-order chi connectivity index (χ1) is 15.0. The molecule has 4 rings (SSSR count). The maximum absolute atomic E-state index is 13.2. The molecule has 0 aliphatic carbocycles. The fraction of sp³-hybridized carbons (Fsp3) is 0.440. The molecular weight excluding hydrogens is 410 g/mol. The van der Waals surface area contributed by atoms with E-state index in [4.69, 9.17) is 11.6 Å². The van der Waals surface area contributed by atoms with Crippen LogP contribution in [0.2, 0.25) is 5.02 Å². The smallest absolute Gasteiger partial charge is 0.243 e. The molecule has 31 heavy (non-hydrogen) atoms. The highest BCUT2D eigenvalue weighted by molar-refractivity contribution is 6.30. The molecule has 2 aliphatic rings. The molecule has 2 saturated heterocycles. The van der Waals surface area contributed by atoms with Crippen molar-refractivity contribution in [3.05, 3.63) is 70.7 Å². The zero-order valence-electron chi connectivity index (χ0n) is 17.9. The number of nitrogens with one attached hydrogen (secondary N) is 2. The number of amides is 2. The number of carbonyl (C=O) groups excluding carboxylic acids is 2. The second-order valence-corrected chi connectivity index (χ2v) is 9.28. The van der Waals surface area contributed by atoms with Crippen LogP contribution in [0.25, 0.3) is 0 Å². The number of hydrogen-bond donors (Lipinski definition) is 2. The molecule has 2 N–H and O–H groups in total. The van der Waals surface area contributed by atoms with Gasteiger partial charge in [-0.3, -0.25) is 9.59 Å². The second kappa shape index (κ2) is 9.84. The third kappa shape index (κ3) is 5.66. The zero-order chi connectivity index (χ0) is 21.8. The Hall–Kier alpha value is -2.37. The number of rotatable bonds is 7. The Morgan fingerprint density at radius 3 is 2.29 bits per heavy atom. The molecule has 4 atom stereocenters. The van der Waals surface area contributed by atoms with Gasteiger partial charge in [0.25, 0.3) is 0 Å². The molecule has 2 heterocycles. The van der Waals surface area contributed by atoms with Crippen molar-refractivity contribution < 1.29 is 9.59 Å². The summed E-state index contributed by atoms with van der Waals surface area (Å²) in [4.78, 5) is 28.4. The molecule has 5 nitrogen and oxygen atoms in total. The fourth-order valence-corrected chi connectivity index (χ4v) is 5.05. The van der Waals surface area contributed by atoms with E-state index in [-0.39, 0.29) is 24.3 Å². The van der Waals surface area contributed by atoms with Gasteiger partial charge in [0, 0.05) is 29.6 Å². The van der Waals surface area contributed by atoms with E-state index >= 15 is 0 Å². The molecule has 0 saturated carbocycles. The largest absolute Gasteiger partial charge is 0.351 e. The summed E-state index contributed by atoms with van der Waals surface area (Å²) < 4.78 is 0. The van der Waals surface area contributed by atoms with Crippen molar-refractivity contribution >= 4 is 23.4 Å². The molecule has 0 aromatic heterocycles. The van der Waals surface area contributed by atoms with Crippen LogP contribution in [0, 0.1) is 0 Å². The Bertz CT molecular complexity index is 889. The van der Waals surface area contributed by atoms with Gasteiger partial charge >= 0.3 is 0 Å². The van der Waals surface area contributed by atoms with Gasteiger partial charge in [0.2, 0.25) is 11.8 Å². The number of fused-ring (bicyclic) bond motifs is 2. The Balaban J connectivity index is 1.42. The van der Waals surface area contributed by atoms with Crippen LogP contribution in [0.1, 0.15) is 36.8 Å². The minimum absolute atomic E-state index is 0.106. The summed E-state index contributed by atoms with van der Waals surface area (Å²) in [5.41, 5.74) is 1.89. The van der Waals surface area contributed by atoms with Gasteiger partial charge in [0.05, 0.1) is 6.42 Å². The number of hydrogen-bond acceptors (Lipinski definition) is 3. The van der Waals surface area contributed by atoms with Crippen molar-refractivity contribution in [3.63, 3.8) is 0 Å². The van der Waals surface area contributed by atoms with Crippen molar-refractivity contribution in [1.82, 2.24) is 15.5 Å². The zero-order valence-corrected chi connectivity index (χ0v) is 18.6. The Labute approximate surface area is 189 Å². The highest BCUT2D eigenvalue weighted by Crippen LogP contribution is 2.34. The minimum Gasteiger partial charge on any atom is -0.351 e. The average Bonchev–Trinajstić information content (AvgIpc) is 2.96. The molecule has 1 unspecified atom stereocenters. The van der Waals surface area contributed by atoms with E-state index in [0.717, 1.165) is 24.0 Å². The fourth-order valence-electron chi connectivity index (χ4n) is 4.92. The molecule has 164 valence electrons. The number of carbonyl (C=O) groups is 2. The van der Waals surface area contributed by atoms with E-state index in [1.165, 1.54) is 12.8 Å². The number of nitrogens with zero attached hydrogens (tertiary/aromatic N) is 1. The maximum atomic E-state index is 13.2. The van der Waals surface area contributed by atoms with Crippen molar-refractivity contribution in [3.8, 4) is 0 Å². The molecule has 2 bridgehead atoms. The van der Waals surface area contributed by atoms with Crippen LogP contribution < -0.4 is 10.6 Å². The van der Waals surface area contributed by atoms with E-state index in [1.54, 1.807) is 0 Å². The molecular formula is C25H30ClN3O2. The van der Waals surface area contributed by atoms with Gasteiger partial charge in [-0.15, -0.1) is 0 Å². The lowest BCUT2D eigenvalue weighted by Gasteiger charge is -2.37. The highest BCUT2D eigenvalue weighted by Gasteiger charge is 2.39. The molecule has 0 spiro atoms. The second-order valence-electron chi connectivity index (χ2n) is 8.84. The lowest BCUT2D eigenvalue weighted by atomic mass is 9.97. The molecule has 2 fully saturated rings. The van der Waals surface area contributed by atoms with Gasteiger partial charge in [-0.2, -0.15) is 0 Å². The normalized spacial score (nSPS) is 23.9. The summed E-state index contributed by atoms with van der Waals surface area (Å²) in [6.07, 6.45) is 5.05. The van der Waals surface area contributed by atoms with Crippen LogP contribution in [-0.4, -0.2) is 47.9 Å². The van der Waals surface area contributed by atoms with E-state index in [0.29, 0.717) is 23.5 Å².